The Morgan fingerprint density at radius 2 is 2.29 bits per heavy atom. The van der Waals surface area contributed by atoms with Crippen LogP contribution >= 0.6 is 12.4 Å². The van der Waals surface area contributed by atoms with E-state index >= 15 is 0 Å². The average Bonchev–Trinajstić information content (AvgIpc) is 2.83. The van der Waals surface area contributed by atoms with Crippen LogP contribution in [0.2, 0.25) is 0 Å². The summed E-state index contributed by atoms with van der Waals surface area (Å²) >= 11 is 0. The van der Waals surface area contributed by atoms with Crippen molar-refractivity contribution in [2.24, 2.45) is 5.92 Å². The molecule has 100 valence electrons. The Kier molecular flexibility index (Phi) is 5.09. The first kappa shape index (κ1) is 14.6. The molecule has 2 unspecified atom stereocenters. The van der Waals surface area contributed by atoms with E-state index in [0.717, 1.165) is 13.0 Å². The number of hydrogen-bond acceptors (Lipinski definition) is 3. The van der Waals surface area contributed by atoms with Crippen LogP contribution in [-0.4, -0.2) is 44.2 Å². The van der Waals surface area contributed by atoms with Crippen molar-refractivity contribution in [2.45, 2.75) is 24.8 Å². The maximum Gasteiger partial charge on any atom is 0.262 e. The van der Waals surface area contributed by atoms with E-state index < -0.39 is 24.9 Å². The van der Waals surface area contributed by atoms with E-state index in [1.807, 2.05) is 0 Å². The first-order chi connectivity index (χ1) is 7.57. The summed E-state index contributed by atoms with van der Waals surface area (Å²) < 4.78 is 30.8. The molecule has 2 aliphatic heterocycles. The predicted octanol–water partition coefficient (Wildman–Crippen LogP) is 0.558. The summed E-state index contributed by atoms with van der Waals surface area (Å²) in [6.45, 7) is 1.48. The molecule has 17 heavy (non-hydrogen) atoms. The SMILES string of the molecule is Cl.O=C(NCC1CCOC1)C1CC(F)(F)CN1. The minimum atomic E-state index is -2.75. The van der Waals surface area contributed by atoms with E-state index in [0.29, 0.717) is 19.1 Å². The maximum absolute atomic E-state index is 12.8. The predicted molar refractivity (Wildman–Crippen MR) is 60.5 cm³/mol. The van der Waals surface area contributed by atoms with Gasteiger partial charge in [-0.25, -0.2) is 8.78 Å². The molecule has 2 N–H and O–H groups in total. The largest absolute Gasteiger partial charge is 0.381 e. The van der Waals surface area contributed by atoms with Crippen LogP contribution in [0, 0.1) is 5.92 Å². The molecule has 0 radical (unpaired) electrons. The van der Waals surface area contributed by atoms with Gasteiger partial charge in [-0.15, -0.1) is 12.4 Å². The highest BCUT2D eigenvalue weighted by atomic mass is 35.5. The Balaban J connectivity index is 0.00000144. The molecule has 2 aliphatic rings. The standard InChI is InChI=1S/C10H16F2N2O2.ClH/c11-10(12)3-8(14-6-10)9(15)13-4-7-1-2-16-5-7;/h7-8,14H,1-6H2,(H,13,15);1H. The molecule has 0 bridgehead atoms. The van der Waals surface area contributed by atoms with Crippen LogP contribution in [0.5, 0.6) is 0 Å². The van der Waals surface area contributed by atoms with Gasteiger partial charge in [0.2, 0.25) is 5.91 Å². The van der Waals surface area contributed by atoms with Crippen LogP contribution in [0.15, 0.2) is 0 Å². The minimum Gasteiger partial charge on any atom is -0.381 e. The van der Waals surface area contributed by atoms with E-state index in [9.17, 15) is 13.6 Å². The molecule has 0 aromatic rings. The van der Waals surface area contributed by atoms with E-state index in [4.69, 9.17) is 4.74 Å². The van der Waals surface area contributed by atoms with Gasteiger partial charge in [0.15, 0.2) is 0 Å². The molecule has 2 atom stereocenters. The highest BCUT2D eigenvalue weighted by Gasteiger charge is 2.42. The molecule has 0 aliphatic carbocycles. The number of halogens is 3. The van der Waals surface area contributed by atoms with E-state index in [1.165, 1.54) is 0 Å². The van der Waals surface area contributed by atoms with Gasteiger partial charge >= 0.3 is 0 Å². The fourth-order valence-electron chi connectivity index (χ4n) is 2.01. The Hall–Kier alpha value is -0.460. The second-order valence-corrected chi connectivity index (χ2v) is 4.47. The van der Waals surface area contributed by atoms with Crippen molar-refractivity contribution in [3.8, 4) is 0 Å². The number of carbonyl (C=O) groups is 1. The van der Waals surface area contributed by atoms with Crippen molar-refractivity contribution in [1.29, 1.82) is 0 Å². The number of amides is 1. The Morgan fingerprint density at radius 3 is 2.82 bits per heavy atom. The Labute approximate surface area is 105 Å². The van der Waals surface area contributed by atoms with Crippen molar-refractivity contribution in [3.63, 3.8) is 0 Å². The number of hydrogen-bond donors (Lipinski definition) is 2. The zero-order valence-corrected chi connectivity index (χ0v) is 10.2. The zero-order chi connectivity index (χ0) is 11.6. The number of ether oxygens (including phenoxy) is 1. The third kappa shape index (κ3) is 4.04. The molecule has 2 fully saturated rings. The van der Waals surface area contributed by atoms with E-state index in [1.54, 1.807) is 0 Å². The second kappa shape index (κ2) is 5.93. The van der Waals surface area contributed by atoms with Crippen LogP contribution in [0.1, 0.15) is 12.8 Å². The van der Waals surface area contributed by atoms with Crippen molar-refractivity contribution < 1.29 is 18.3 Å². The van der Waals surface area contributed by atoms with Gasteiger partial charge in [0.05, 0.1) is 19.2 Å². The van der Waals surface area contributed by atoms with Crippen LogP contribution < -0.4 is 10.6 Å². The van der Waals surface area contributed by atoms with Gasteiger partial charge in [-0.3, -0.25) is 10.1 Å². The van der Waals surface area contributed by atoms with Crippen molar-refractivity contribution >= 4 is 18.3 Å². The normalized spacial score (nSPS) is 30.9. The lowest BCUT2D eigenvalue weighted by Gasteiger charge is -2.13. The third-order valence-corrected chi connectivity index (χ3v) is 3.02. The summed E-state index contributed by atoms with van der Waals surface area (Å²) in [4.78, 5) is 11.5. The summed E-state index contributed by atoms with van der Waals surface area (Å²) in [5.74, 6) is -2.76. The number of nitrogens with one attached hydrogen (secondary N) is 2. The number of rotatable bonds is 3. The summed E-state index contributed by atoms with van der Waals surface area (Å²) in [7, 11) is 0. The Morgan fingerprint density at radius 1 is 1.53 bits per heavy atom. The van der Waals surface area contributed by atoms with Crippen molar-refractivity contribution in [2.75, 3.05) is 26.3 Å². The summed E-state index contributed by atoms with van der Waals surface area (Å²) in [5.41, 5.74) is 0. The number of carbonyl (C=O) groups excluding carboxylic acids is 1. The lowest BCUT2D eigenvalue weighted by molar-refractivity contribution is -0.123. The summed E-state index contributed by atoms with van der Waals surface area (Å²) in [5, 5.41) is 5.22. The molecule has 0 spiro atoms. The monoisotopic (exact) mass is 270 g/mol. The second-order valence-electron chi connectivity index (χ2n) is 4.47. The van der Waals surface area contributed by atoms with E-state index in [2.05, 4.69) is 10.6 Å². The summed E-state index contributed by atoms with van der Waals surface area (Å²) in [6, 6.07) is -0.752. The molecular weight excluding hydrogens is 254 g/mol. The number of alkyl halides is 2. The topological polar surface area (TPSA) is 50.4 Å². The lowest BCUT2D eigenvalue weighted by atomic mass is 10.1. The van der Waals surface area contributed by atoms with Gasteiger partial charge < -0.3 is 10.1 Å². The van der Waals surface area contributed by atoms with Crippen LogP contribution in [-0.2, 0) is 9.53 Å². The molecule has 0 aromatic carbocycles. The first-order valence-electron chi connectivity index (χ1n) is 5.53. The van der Waals surface area contributed by atoms with Gasteiger partial charge in [0.1, 0.15) is 0 Å². The van der Waals surface area contributed by atoms with Gasteiger partial charge in [0.25, 0.3) is 5.92 Å². The maximum atomic E-state index is 12.8. The fourth-order valence-corrected chi connectivity index (χ4v) is 2.01. The average molecular weight is 271 g/mol. The molecule has 4 nitrogen and oxygen atoms in total. The summed E-state index contributed by atoms with van der Waals surface area (Å²) in [6.07, 6.45) is 0.522. The molecule has 1 amide bonds. The molecular formula is C10H17ClF2N2O2. The van der Waals surface area contributed by atoms with Gasteiger partial charge in [-0.2, -0.15) is 0 Å². The van der Waals surface area contributed by atoms with Crippen LogP contribution in [0.25, 0.3) is 0 Å². The first-order valence-corrected chi connectivity index (χ1v) is 5.53. The minimum absolute atomic E-state index is 0. The smallest absolute Gasteiger partial charge is 0.262 e. The lowest BCUT2D eigenvalue weighted by Crippen LogP contribution is -2.42. The van der Waals surface area contributed by atoms with Crippen LogP contribution in [0.4, 0.5) is 8.78 Å². The highest BCUT2D eigenvalue weighted by molar-refractivity contribution is 5.85. The molecule has 7 heteroatoms. The molecule has 2 rings (SSSR count). The van der Waals surface area contributed by atoms with Gasteiger partial charge in [-0.1, -0.05) is 0 Å². The van der Waals surface area contributed by atoms with Gasteiger partial charge in [0, 0.05) is 25.5 Å². The quantitative estimate of drug-likeness (QED) is 0.788. The van der Waals surface area contributed by atoms with Gasteiger partial charge in [-0.05, 0) is 6.42 Å². The molecule has 2 heterocycles. The highest BCUT2D eigenvalue weighted by Crippen LogP contribution is 2.25. The fraction of sp³-hybridized carbons (Fsp3) is 0.900. The Bertz CT molecular complexity index is 273. The van der Waals surface area contributed by atoms with Crippen molar-refractivity contribution in [1.82, 2.24) is 10.6 Å². The zero-order valence-electron chi connectivity index (χ0n) is 9.38. The van der Waals surface area contributed by atoms with Crippen LogP contribution in [0.3, 0.4) is 0 Å². The van der Waals surface area contributed by atoms with E-state index in [-0.39, 0.29) is 18.3 Å². The molecule has 0 aromatic heterocycles. The third-order valence-electron chi connectivity index (χ3n) is 3.02. The van der Waals surface area contributed by atoms with Crippen molar-refractivity contribution in [3.05, 3.63) is 0 Å². The molecule has 2 saturated heterocycles. The molecule has 0 saturated carbocycles.